The molecule has 1 aliphatic carbocycles. The van der Waals surface area contributed by atoms with Crippen molar-refractivity contribution in [2.45, 2.75) is 43.9 Å². The Morgan fingerprint density at radius 3 is 2.83 bits per heavy atom. The highest BCUT2D eigenvalue weighted by molar-refractivity contribution is 7.88. The largest absolute Gasteiger partial charge is 0.213 e. The molecule has 0 saturated carbocycles. The van der Waals surface area contributed by atoms with E-state index in [1.165, 1.54) is 18.2 Å². The molecular formula is C13H22ClNO2S. The summed E-state index contributed by atoms with van der Waals surface area (Å²) in [5.41, 5.74) is 1.43. The van der Waals surface area contributed by atoms with Crippen LogP contribution in [0.3, 0.4) is 0 Å². The van der Waals surface area contributed by atoms with Crippen LogP contribution in [0.1, 0.15) is 38.5 Å². The first-order chi connectivity index (χ1) is 8.45. The molecular weight excluding hydrogens is 270 g/mol. The van der Waals surface area contributed by atoms with Gasteiger partial charge in [0.1, 0.15) is 0 Å². The van der Waals surface area contributed by atoms with Crippen molar-refractivity contribution in [3.05, 3.63) is 11.6 Å². The van der Waals surface area contributed by atoms with E-state index in [0.29, 0.717) is 19.0 Å². The first-order valence-corrected chi connectivity index (χ1v) is 9.02. The summed E-state index contributed by atoms with van der Waals surface area (Å²) in [6.45, 7) is 1.37. The molecule has 0 aromatic rings. The highest BCUT2D eigenvalue weighted by Crippen LogP contribution is 2.30. The second-order valence-electron chi connectivity index (χ2n) is 5.57. The maximum atomic E-state index is 11.6. The molecule has 1 saturated heterocycles. The Morgan fingerprint density at radius 2 is 2.17 bits per heavy atom. The summed E-state index contributed by atoms with van der Waals surface area (Å²) in [7, 11) is -3.02. The van der Waals surface area contributed by atoms with Gasteiger partial charge in [-0.2, -0.15) is 0 Å². The van der Waals surface area contributed by atoms with Gasteiger partial charge in [-0.05, 0) is 44.4 Å². The number of sulfonamides is 1. The van der Waals surface area contributed by atoms with Gasteiger partial charge in [-0.15, -0.1) is 11.6 Å². The van der Waals surface area contributed by atoms with E-state index >= 15 is 0 Å². The molecule has 3 nitrogen and oxygen atoms in total. The van der Waals surface area contributed by atoms with Crippen LogP contribution in [0.4, 0.5) is 0 Å². The van der Waals surface area contributed by atoms with Gasteiger partial charge < -0.3 is 0 Å². The molecule has 0 bridgehead atoms. The van der Waals surface area contributed by atoms with Gasteiger partial charge in [-0.3, -0.25) is 0 Å². The molecule has 0 amide bonds. The monoisotopic (exact) mass is 291 g/mol. The molecule has 0 N–H and O–H groups in total. The summed E-state index contributed by atoms with van der Waals surface area (Å²) in [4.78, 5) is 0. The molecule has 0 aromatic carbocycles. The number of nitrogens with zero attached hydrogens (tertiary/aromatic N) is 1. The predicted octanol–water partition coefficient (Wildman–Crippen LogP) is 2.77. The zero-order valence-electron chi connectivity index (χ0n) is 10.9. The minimum Gasteiger partial charge on any atom is -0.213 e. The number of allylic oxidation sites excluding steroid dienone is 2. The molecule has 5 heteroatoms. The zero-order valence-corrected chi connectivity index (χ0v) is 12.5. The van der Waals surface area contributed by atoms with E-state index in [-0.39, 0.29) is 5.38 Å². The quantitative estimate of drug-likeness (QED) is 0.592. The smallest absolute Gasteiger partial charge is 0.211 e. The van der Waals surface area contributed by atoms with Crippen molar-refractivity contribution < 1.29 is 8.42 Å². The number of hydrogen-bond acceptors (Lipinski definition) is 2. The second kappa shape index (κ2) is 5.93. The second-order valence-corrected chi connectivity index (χ2v) is 8.11. The molecule has 0 spiro atoms. The zero-order chi connectivity index (χ0) is 13.2. The molecule has 2 atom stereocenters. The van der Waals surface area contributed by atoms with Gasteiger partial charge in [0, 0.05) is 13.1 Å². The average molecular weight is 292 g/mol. The van der Waals surface area contributed by atoms with Crippen LogP contribution in [0.25, 0.3) is 0 Å². The molecule has 2 aliphatic rings. The number of hydrogen-bond donors (Lipinski definition) is 0. The van der Waals surface area contributed by atoms with Crippen LogP contribution >= 0.6 is 11.6 Å². The maximum Gasteiger partial charge on any atom is 0.211 e. The van der Waals surface area contributed by atoms with Crippen molar-refractivity contribution >= 4 is 21.6 Å². The lowest BCUT2D eigenvalue weighted by Crippen LogP contribution is -2.39. The Morgan fingerprint density at radius 1 is 1.39 bits per heavy atom. The van der Waals surface area contributed by atoms with Crippen LogP contribution in [0.2, 0.25) is 0 Å². The summed E-state index contributed by atoms with van der Waals surface area (Å²) >= 11 is 6.15. The number of rotatable bonds is 3. The minimum atomic E-state index is -3.02. The van der Waals surface area contributed by atoms with Gasteiger partial charge in [0.2, 0.25) is 10.0 Å². The van der Waals surface area contributed by atoms with Crippen molar-refractivity contribution in [1.29, 1.82) is 0 Å². The fraction of sp³-hybridized carbons (Fsp3) is 0.846. The van der Waals surface area contributed by atoms with Crippen LogP contribution < -0.4 is 0 Å². The number of piperidine rings is 1. The topological polar surface area (TPSA) is 37.4 Å². The highest BCUT2D eigenvalue weighted by atomic mass is 35.5. The van der Waals surface area contributed by atoms with E-state index < -0.39 is 10.0 Å². The molecule has 1 fully saturated rings. The van der Waals surface area contributed by atoms with Gasteiger partial charge in [0.15, 0.2) is 0 Å². The lowest BCUT2D eigenvalue weighted by Gasteiger charge is -2.32. The van der Waals surface area contributed by atoms with Crippen LogP contribution in [0.5, 0.6) is 0 Å². The Kier molecular flexibility index (Phi) is 4.73. The van der Waals surface area contributed by atoms with Crippen molar-refractivity contribution in [2.75, 3.05) is 19.3 Å². The number of alkyl halides is 1. The van der Waals surface area contributed by atoms with Crippen molar-refractivity contribution in [1.82, 2.24) is 4.31 Å². The summed E-state index contributed by atoms with van der Waals surface area (Å²) in [5, 5.41) is 0.184. The molecule has 0 aromatic heterocycles. The summed E-state index contributed by atoms with van der Waals surface area (Å²) in [6, 6.07) is 0. The van der Waals surface area contributed by atoms with Gasteiger partial charge in [-0.25, -0.2) is 12.7 Å². The van der Waals surface area contributed by atoms with Crippen LogP contribution in [-0.4, -0.2) is 37.4 Å². The van der Waals surface area contributed by atoms with Crippen LogP contribution in [0, 0.1) is 5.92 Å². The maximum absolute atomic E-state index is 11.6. The van der Waals surface area contributed by atoms with E-state index in [0.717, 1.165) is 32.1 Å². The van der Waals surface area contributed by atoms with Gasteiger partial charge in [-0.1, -0.05) is 11.6 Å². The van der Waals surface area contributed by atoms with Gasteiger partial charge in [0.05, 0.1) is 11.6 Å². The normalized spacial score (nSPS) is 31.1. The van der Waals surface area contributed by atoms with E-state index in [9.17, 15) is 8.42 Å². The lowest BCUT2D eigenvalue weighted by atomic mass is 9.87. The highest BCUT2D eigenvalue weighted by Gasteiger charge is 2.26. The molecule has 1 heterocycles. The van der Waals surface area contributed by atoms with E-state index in [1.807, 2.05) is 0 Å². The summed E-state index contributed by atoms with van der Waals surface area (Å²) in [6.07, 6.45) is 10.0. The molecule has 2 unspecified atom stereocenters. The van der Waals surface area contributed by atoms with E-state index in [4.69, 9.17) is 11.6 Å². The van der Waals surface area contributed by atoms with Crippen LogP contribution in [0.15, 0.2) is 11.6 Å². The lowest BCUT2D eigenvalue weighted by molar-refractivity contribution is 0.264. The standard InChI is InChI=1S/C13H22ClNO2S/c1-18(16,17)15-7-3-5-12(10-15)8-11-4-2-6-13(14)9-11/h9,12-13H,2-8,10H2,1H3. The minimum absolute atomic E-state index is 0.184. The molecule has 2 rings (SSSR count). The predicted molar refractivity (Wildman–Crippen MR) is 75.3 cm³/mol. The Labute approximate surface area is 115 Å². The first-order valence-electron chi connectivity index (χ1n) is 6.74. The Bertz CT molecular complexity index is 419. The average Bonchev–Trinajstić information content (AvgIpc) is 2.28. The SMILES string of the molecule is CS(=O)(=O)N1CCCC(CC2=CC(Cl)CCC2)C1. The first kappa shape index (κ1) is 14.4. The summed E-state index contributed by atoms with van der Waals surface area (Å²) < 4.78 is 24.8. The summed E-state index contributed by atoms with van der Waals surface area (Å²) in [5.74, 6) is 0.474. The van der Waals surface area contributed by atoms with Crippen molar-refractivity contribution in [2.24, 2.45) is 5.92 Å². The van der Waals surface area contributed by atoms with E-state index in [2.05, 4.69) is 6.08 Å². The third-order valence-electron chi connectivity index (χ3n) is 3.90. The third kappa shape index (κ3) is 3.97. The Hall–Kier alpha value is -0.0600. The Balaban J connectivity index is 1.94. The van der Waals surface area contributed by atoms with Gasteiger partial charge >= 0.3 is 0 Å². The van der Waals surface area contributed by atoms with Crippen LogP contribution in [-0.2, 0) is 10.0 Å². The van der Waals surface area contributed by atoms with Gasteiger partial charge in [0.25, 0.3) is 0 Å². The third-order valence-corrected chi connectivity index (χ3v) is 5.51. The molecule has 18 heavy (non-hydrogen) atoms. The number of halogens is 1. The fourth-order valence-corrected chi connectivity index (χ4v) is 4.26. The molecule has 104 valence electrons. The van der Waals surface area contributed by atoms with Crippen molar-refractivity contribution in [3.63, 3.8) is 0 Å². The van der Waals surface area contributed by atoms with E-state index in [1.54, 1.807) is 4.31 Å². The molecule has 1 aliphatic heterocycles. The fourth-order valence-electron chi connectivity index (χ4n) is 2.98. The van der Waals surface area contributed by atoms with Crippen molar-refractivity contribution in [3.8, 4) is 0 Å². The molecule has 0 radical (unpaired) electrons.